The molecule has 0 aromatic rings. The number of fused-ring (bicyclic) bond motifs is 1. The van der Waals surface area contributed by atoms with Crippen LogP contribution in [0, 0.1) is 29.1 Å². The summed E-state index contributed by atoms with van der Waals surface area (Å²) in [7, 11) is 0. The lowest BCUT2D eigenvalue weighted by molar-refractivity contribution is 0.138. The second-order valence-corrected chi connectivity index (χ2v) is 8.46. The van der Waals surface area contributed by atoms with E-state index in [4.69, 9.17) is 0 Å². The monoisotopic (exact) mass is 338 g/mol. The van der Waals surface area contributed by atoms with Gasteiger partial charge in [-0.3, -0.25) is 0 Å². The second-order valence-electron chi connectivity index (χ2n) is 8.46. The molecule has 0 aromatic heterocycles. The van der Waals surface area contributed by atoms with Gasteiger partial charge in [-0.05, 0) is 79.8 Å². The Morgan fingerprint density at radius 2 is 2.00 bits per heavy atom. The van der Waals surface area contributed by atoms with Crippen LogP contribution in [0.2, 0.25) is 0 Å². The maximum Gasteiger partial charge on any atom is 0.0787 e. The largest absolute Gasteiger partial charge is 0.388 e. The van der Waals surface area contributed by atoms with Crippen molar-refractivity contribution in [3.63, 3.8) is 0 Å². The normalized spacial score (nSPS) is 38.5. The number of aliphatic hydroxyl groups excluding tert-OH is 1. The number of allylic oxidation sites excluding steroid dienone is 3. The van der Waals surface area contributed by atoms with Gasteiger partial charge in [0.1, 0.15) is 0 Å². The third kappa shape index (κ3) is 3.80. The number of aliphatic hydroxyl groups is 1. The van der Waals surface area contributed by atoms with E-state index in [-0.39, 0.29) is 6.10 Å². The van der Waals surface area contributed by atoms with Crippen LogP contribution >= 0.6 is 0 Å². The van der Waals surface area contributed by atoms with Crippen LogP contribution in [-0.2, 0) is 0 Å². The van der Waals surface area contributed by atoms with Gasteiger partial charge >= 0.3 is 0 Å². The molecule has 0 amide bonds. The predicted molar refractivity (Wildman–Crippen MR) is 106 cm³/mol. The highest BCUT2D eigenvalue weighted by Crippen LogP contribution is 2.58. The predicted octanol–water partition coefficient (Wildman–Crippen LogP) is 5.96. The molecule has 0 aromatic carbocycles. The summed E-state index contributed by atoms with van der Waals surface area (Å²) >= 11 is 0. The Bertz CT molecular complexity index is 626. The Labute approximate surface area is 154 Å². The molecule has 0 aliphatic heterocycles. The molecule has 3 aliphatic rings. The Morgan fingerprint density at radius 1 is 1.16 bits per heavy atom. The summed E-state index contributed by atoms with van der Waals surface area (Å²) in [5, 5.41) is 10.0. The molecule has 3 fully saturated rings. The zero-order valence-electron chi connectivity index (χ0n) is 16.1. The maximum absolute atomic E-state index is 10.0. The molecule has 0 spiro atoms. The van der Waals surface area contributed by atoms with Gasteiger partial charge in [-0.2, -0.15) is 0 Å². The van der Waals surface area contributed by atoms with Gasteiger partial charge in [0.25, 0.3) is 0 Å². The molecule has 0 saturated heterocycles. The van der Waals surface area contributed by atoms with Crippen LogP contribution in [0.4, 0.5) is 0 Å². The highest BCUT2D eigenvalue weighted by molar-refractivity contribution is 5.37. The molecule has 4 unspecified atom stereocenters. The van der Waals surface area contributed by atoms with Crippen molar-refractivity contribution in [1.29, 1.82) is 0 Å². The molecule has 1 heteroatoms. The second kappa shape index (κ2) is 7.96. The molecule has 136 valence electrons. The van der Waals surface area contributed by atoms with Gasteiger partial charge in [0, 0.05) is 12.8 Å². The van der Waals surface area contributed by atoms with Gasteiger partial charge in [-0.1, -0.05) is 38.2 Å². The zero-order chi connectivity index (χ0) is 17.9. The summed E-state index contributed by atoms with van der Waals surface area (Å²) in [5.41, 5.74) is 4.29. The lowest BCUT2D eigenvalue weighted by Crippen LogP contribution is -2.33. The topological polar surface area (TPSA) is 20.2 Å². The number of hydrogen-bond acceptors (Lipinski definition) is 1. The molecular formula is C24H34O. The zero-order valence-corrected chi connectivity index (χ0v) is 16.1. The minimum absolute atomic E-state index is 0.331. The van der Waals surface area contributed by atoms with Gasteiger partial charge in [0.15, 0.2) is 0 Å². The Morgan fingerprint density at radius 3 is 2.80 bits per heavy atom. The maximum atomic E-state index is 10.0. The fraction of sp³-hybridized carbons (Fsp3) is 0.667. The first-order chi connectivity index (χ1) is 12.1. The summed E-state index contributed by atoms with van der Waals surface area (Å²) in [6, 6.07) is 0. The van der Waals surface area contributed by atoms with Gasteiger partial charge in [-0.25, -0.2) is 0 Å². The molecule has 3 rings (SSSR count). The highest BCUT2D eigenvalue weighted by atomic mass is 16.3. The van der Waals surface area contributed by atoms with Crippen LogP contribution in [0.3, 0.4) is 0 Å². The first-order valence-electron chi connectivity index (χ1n) is 10.3. The number of hydrogen-bond donors (Lipinski definition) is 1. The summed E-state index contributed by atoms with van der Waals surface area (Å²) in [4.78, 5) is 0. The average molecular weight is 339 g/mol. The van der Waals surface area contributed by atoms with Crippen molar-refractivity contribution >= 4 is 0 Å². The summed E-state index contributed by atoms with van der Waals surface area (Å²) in [6.07, 6.45) is 16.0. The van der Waals surface area contributed by atoms with Crippen LogP contribution < -0.4 is 0 Å². The number of rotatable bonds is 2. The van der Waals surface area contributed by atoms with Crippen LogP contribution in [0.25, 0.3) is 0 Å². The van der Waals surface area contributed by atoms with E-state index in [0.29, 0.717) is 5.41 Å². The molecule has 1 N–H and O–H groups in total. The quantitative estimate of drug-likeness (QED) is 0.616. The fourth-order valence-electron chi connectivity index (χ4n) is 5.43. The first-order valence-corrected chi connectivity index (χ1v) is 10.3. The lowest BCUT2D eigenvalue weighted by atomic mass is 9.63. The average Bonchev–Trinajstić information content (AvgIpc) is 2.93. The van der Waals surface area contributed by atoms with E-state index < -0.39 is 0 Å². The molecule has 0 heterocycles. The van der Waals surface area contributed by atoms with Gasteiger partial charge in [0.2, 0.25) is 0 Å². The van der Waals surface area contributed by atoms with Gasteiger partial charge < -0.3 is 5.11 Å². The van der Waals surface area contributed by atoms with E-state index in [1.165, 1.54) is 37.7 Å². The third-order valence-corrected chi connectivity index (χ3v) is 7.05. The Balaban J connectivity index is 1.76. The molecule has 3 aliphatic carbocycles. The SMILES string of the molecule is C=C1/C(=C\C=C2/CCCC3(C)C(CC#CCC)CCC23)CCCC1O. The van der Waals surface area contributed by atoms with Crippen LogP contribution in [0.15, 0.2) is 35.5 Å². The van der Waals surface area contributed by atoms with Gasteiger partial charge in [-0.15, -0.1) is 11.8 Å². The van der Waals surface area contributed by atoms with E-state index in [0.717, 1.165) is 49.5 Å². The molecule has 4 atom stereocenters. The highest BCUT2D eigenvalue weighted by Gasteiger charge is 2.48. The van der Waals surface area contributed by atoms with Crippen molar-refractivity contribution in [2.45, 2.75) is 84.2 Å². The minimum atomic E-state index is -0.331. The molecule has 25 heavy (non-hydrogen) atoms. The van der Waals surface area contributed by atoms with E-state index in [2.05, 4.69) is 44.4 Å². The van der Waals surface area contributed by atoms with E-state index in [9.17, 15) is 5.11 Å². The van der Waals surface area contributed by atoms with Gasteiger partial charge in [0.05, 0.1) is 6.10 Å². The molecular weight excluding hydrogens is 304 g/mol. The van der Waals surface area contributed by atoms with Crippen molar-refractivity contribution < 1.29 is 5.11 Å². The molecule has 0 radical (unpaired) electrons. The first kappa shape index (κ1) is 18.5. The summed E-state index contributed by atoms with van der Waals surface area (Å²) in [5.74, 6) is 8.19. The van der Waals surface area contributed by atoms with E-state index in [1.54, 1.807) is 5.57 Å². The van der Waals surface area contributed by atoms with Crippen molar-refractivity contribution in [3.05, 3.63) is 35.5 Å². The minimum Gasteiger partial charge on any atom is -0.388 e. The van der Waals surface area contributed by atoms with Crippen LogP contribution in [-0.4, -0.2) is 11.2 Å². The van der Waals surface area contributed by atoms with E-state index >= 15 is 0 Å². The van der Waals surface area contributed by atoms with E-state index in [1.807, 2.05) is 0 Å². The summed E-state index contributed by atoms with van der Waals surface area (Å²) < 4.78 is 0. The van der Waals surface area contributed by atoms with Crippen molar-refractivity contribution in [3.8, 4) is 11.8 Å². The smallest absolute Gasteiger partial charge is 0.0787 e. The standard InChI is InChI=1S/C24H34O/c1-4-5-6-11-21-15-16-22-20(10-8-17-24(21,22)3)14-13-19-9-7-12-23(25)18(19)2/h13-14,21-23,25H,2,4,7-12,15-17H2,1,3H3/b19-13-,20-14+. The molecule has 3 saturated carbocycles. The third-order valence-electron chi connectivity index (χ3n) is 7.05. The van der Waals surface area contributed by atoms with Crippen LogP contribution in [0.1, 0.15) is 78.1 Å². The van der Waals surface area contributed by atoms with Crippen molar-refractivity contribution in [1.82, 2.24) is 0 Å². The lowest BCUT2D eigenvalue weighted by Gasteiger charge is -2.42. The molecule has 1 nitrogen and oxygen atoms in total. The van der Waals surface area contributed by atoms with Crippen LogP contribution in [0.5, 0.6) is 0 Å². The Hall–Kier alpha value is -1.26. The summed E-state index contributed by atoms with van der Waals surface area (Å²) in [6.45, 7) is 8.77. The van der Waals surface area contributed by atoms with Crippen molar-refractivity contribution in [2.75, 3.05) is 0 Å². The Kier molecular flexibility index (Phi) is 5.90. The molecule has 0 bridgehead atoms. The van der Waals surface area contributed by atoms with Crippen molar-refractivity contribution in [2.24, 2.45) is 17.3 Å². The fourth-order valence-corrected chi connectivity index (χ4v) is 5.43.